The second-order valence-corrected chi connectivity index (χ2v) is 5.69. The van der Waals surface area contributed by atoms with Crippen LogP contribution in [-0.2, 0) is 0 Å². The molecule has 2 aromatic carbocycles. The van der Waals surface area contributed by atoms with E-state index in [0.29, 0.717) is 27.6 Å². The Balaban J connectivity index is 2.60. The number of halogens is 2. The average molecular weight is 355 g/mol. The first kappa shape index (κ1) is 14.9. The van der Waals surface area contributed by atoms with Crippen LogP contribution in [0.3, 0.4) is 0 Å². The maximum Gasteiger partial charge on any atom is 0.197 e. The first-order valence-corrected chi connectivity index (χ1v) is 7.05. The lowest BCUT2D eigenvalue weighted by atomic mass is 9.97. The summed E-state index contributed by atoms with van der Waals surface area (Å²) in [5, 5.41) is 0.481. The number of ketones is 1. The van der Waals surface area contributed by atoms with E-state index in [1.165, 1.54) is 7.11 Å². The minimum atomic E-state index is -0.171. The van der Waals surface area contributed by atoms with Gasteiger partial charge in [0.2, 0.25) is 0 Å². The number of anilines is 1. The van der Waals surface area contributed by atoms with Crippen LogP contribution in [0, 0.1) is 6.92 Å². The standard InChI is InChI=1S/C15H13BrClNO2/c1-8-11(5-9(16)6-13(8)18)15(19)12-7-10(17)3-4-14(12)20-2/h3-7H,18H2,1-2H3. The van der Waals surface area contributed by atoms with Gasteiger partial charge >= 0.3 is 0 Å². The Morgan fingerprint density at radius 1 is 1.25 bits per heavy atom. The fourth-order valence-corrected chi connectivity index (χ4v) is 2.59. The number of benzene rings is 2. The molecule has 2 N–H and O–H groups in total. The minimum Gasteiger partial charge on any atom is -0.496 e. The zero-order valence-electron chi connectivity index (χ0n) is 11.0. The molecule has 0 aliphatic carbocycles. The number of hydrogen-bond acceptors (Lipinski definition) is 3. The van der Waals surface area contributed by atoms with Gasteiger partial charge in [0, 0.05) is 20.7 Å². The molecular weight excluding hydrogens is 342 g/mol. The highest BCUT2D eigenvalue weighted by atomic mass is 79.9. The van der Waals surface area contributed by atoms with Crippen molar-refractivity contribution >= 4 is 39.0 Å². The summed E-state index contributed by atoms with van der Waals surface area (Å²) in [5.74, 6) is 0.312. The topological polar surface area (TPSA) is 52.3 Å². The van der Waals surface area contributed by atoms with Crippen molar-refractivity contribution in [2.75, 3.05) is 12.8 Å². The molecule has 0 saturated heterocycles. The average Bonchev–Trinajstić information content (AvgIpc) is 2.42. The predicted molar refractivity (Wildman–Crippen MR) is 84.7 cm³/mol. The molecule has 0 fully saturated rings. The van der Waals surface area contributed by atoms with Crippen LogP contribution in [0.5, 0.6) is 5.75 Å². The fraction of sp³-hybridized carbons (Fsp3) is 0.133. The van der Waals surface area contributed by atoms with E-state index in [1.807, 2.05) is 6.92 Å². The zero-order valence-corrected chi connectivity index (χ0v) is 13.4. The molecule has 2 aromatic rings. The maximum absolute atomic E-state index is 12.7. The number of carbonyl (C=O) groups excluding carboxylic acids is 1. The van der Waals surface area contributed by atoms with Crippen LogP contribution in [0.4, 0.5) is 5.69 Å². The fourth-order valence-electron chi connectivity index (χ4n) is 1.94. The molecule has 104 valence electrons. The van der Waals surface area contributed by atoms with Gasteiger partial charge in [0.1, 0.15) is 5.75 Å². The normalized spacial score (nSPS) is 10.4. The molecule has 2 rings (SSSR count). The number of nitrogen functional groups attached to an aromatic ring is 1. The lowest BCUT2D eigenvalue weighted by molar-refractivity contribution is 0.103. The first-order chi connectivity index (χ1) is 9.43. The molecule has 0 saturated carbocycles. The van der Waals surface area contributed by atoms with Gasteiger partial charge in [0.15, 0.2) is 5.78 Å². The number of ether oxygens (including phenoxy) is 1. The zero-order chi connectivity index (χ0) is 14.9. The molecule has 0 aliphatic rings. The summed E-state index contributed by atoms with van der Waals surface area (Å²) in [6, 6.07) is 8.46. The van der Waals surface area contributed by atoms with Gasteiger partial charge in [-0.2, -0.15) is 0 Å². The third kappa shape index (κ3) is 2.81. The first-order valence-electron chi connectivity index (χ1n) is 5.88. The van der Waals surface area contributed by atoms with E-state index in [4.69, 9.17) is 22.1 Å². The Hall–Kier alpha value is -1.52. The summed E-state index contributed by atoms with van der Waals surface area (Å²) >= 11 is 9.31. The molecule has 3 nitrogen and oxygen atoms in total. The highest BCUT2D eigenvalue weighted by Gasteiger charge is 2.18. The third-order valence-corrected chi connectivity index (χ3v) is 3.76. The highest BCUT2D eigenvalue weighted by Crippen LogP contribution is 2.29. The van der Waals surface area contributed by atoms with Crippen LogP contribution < -0.4 is 10.5 Å². The predicted octanol–water partition coefficient (Wildman–Crippen LogP) is 4.23. The second kappa shape index (κ2) is 5.85. The number of hydrogen-bond donors (Lipinski definition) is 1. The van der Waals surface area contributed by atoms with Gasteiger partial charge in [-0.05, 0) is 42.8 Å². The van der Waals surface area contributed by atoms with Crippen molar-refractivity contribution in [2.24, 2.45) is 0 Å². The Morgan fingerprint density at radius 3 is 2.60 bits per heavy atom. The van der Waals surface area contributed by atoms with Gasteiger partial charge in [0.05, 0.1) is 12.7 Å². The van der Waals surface area contributed by atoms with Crippen LogP contribution in [0.25, 0.3) is 0 Å². The van der Waals surface area contributed by atoms with Gasteiger partial charge in [-0.25, -0.2) is 0 Å². The van der Waals surface area contributed by atoms with Crippen molar-refractivity contribution in [2.45, 2.75) is 6.92 Å². The van der Waals surface area contributed by atoms with Crippen molar-refractivity contribution < 1.29 is 9.53 Å². The van der Waals surface area contributed by atoms with Gasteiger partial charge < -0.3 is 10.5 Å². The molecule has 20 heavy (non-hydrogen) atoms. The lowest BCUT2D eigenvalue weighted by Gasteiger charge is -2.12. The smallest absolute Gasteiger partial charge is 0.197 e. The Morgan fingerprint density at radius 2 is 1.95 bits per heavy atom. The molecule has 0 amide bonds. The van der Waals surface area contributed by atoms with E-state index < -0.39 is 0 Å². The van der Waals surface area contributed by atoms with Gasteiger partial charge in [-0.1, -0.05) is 27.5 Å². The van der Waals surface area contributed by atoms with Gasteiger partial charge in [0.25, 0.3) is 0 Å². The molecule has 0 heterocycles. The van der Waals surface area contributed by atoms with E-state index in [1.54, 1.807) is 30.3 Å². The van der Waals surface area contributed by atoms with E-state index in [-0.39, 0.29) is 5.78 Å². The SMILES string of the molecule is COc1ccc(Cl)cc1C(=O)c1cc(Br)cc(N)c1C. The molecule has 0 aromatic heterocycles. The van der Waals surface area contributed by atoms with E-state index >= 15 is 0 Å². The van der Waals surface area contributed by atoms with Gasteiger partial charge in [-0.3, -0.25) is 4.79 Å². The number of methoxy groups -OCH3 is 1. The van der Waals surface area contributed by atoms with E-state index in [0.717, 1.165) is 10.0 Å². The molecule has 0 aliphatic heterocycles. The molecular formula is C15H13BrClNO2. The van der Waals surface area contributed by atoms with Crippen LogP contribution in [0.2, 0.25) is 5.02 Å². The molecule has 5 heteroatoms. The van der Waals surface area contributed by atoms with Crippen LogP contribution in [-0.4, -0.2) is 12.9 Å². The molecule has 0 radical (unpaired) electrons. The van der Waals surface area contributed by atoms with Crippen LogP contribution in [0.1, 0.15) is 21.5 Å². The minimum absolute atomic E-state index is 0.171. The van der Waals surface area contributed by atoms with Gasteiger partial charge in [-0.15, -0.1) is 0 Å². The van der Waals surface area contributed by atoms with Crippen molar-refractivity contribution in [1.82, 2.24) is 0 Å². The van der Waals surface area contributed by atoms with E-state index in [2.05, 4.69) is 15.9 Å². The summed E-state index contributed by atoms with van der Waals surface area (Å²) in [6.45, 7) is 1.81. The lowest BCUT2D eigenvalue weighted by Crippen LogP contribution is -2.07. The van der Waals surface area contributed by atoms with Crippen LogP contribution >= 0.6 is 27.5 Å². The Bertz CT molecular complexity index is 686. The third-order valence-electron chi connectivity index (χ3n) is 3.06. The summed E-state index contributed by atoms with van der Waals surface area (Å²) < 4.78 is 5.98. The number of nitrogens with two attached hydrogens (primary N) is 1. The van der Waals surface area contributed by atoms with Crippen LogP contribution in [0.15, 0.2) is 34.8 Å². The summed E-state index contributed by atoms with van der Waals surface area (Å²) in [5.41, 5.74) is 8.14. The van der Waals surface area contributed by atoms with Crippen molar-refractivity contribution in [1.29, 1.82) is 0 Å². The number of rotatable bonds is 3. The van der Waals surface area contributed by atoms with Crippen molar-refractivity contribution in [3.8, 4) is 5.75 Å². The highest BCUT2D eigenvalue weighted by molar-refractivity contribution is 9.10. The van der Waals surface area contributed by atoms with Crippen molar-refractivity contribution in [3.05, 3.63) is 56.5 Å². The maximum atomic E-state index is 12.7. The number of carbonyl (C=O) groups is 1. The molecule has 0 spiro atoms. The largest absolute Gasteiger partial charge is 0.496 e. The summed E-state index contributed by atoms with van der Waals surface area (Å²) in [7, 11) is 1.52. The van der Waals surface area contributed by atoms with E-state index in [9.17, 15) is 4.79 Å². The molecule has 0 atom stereocenters. The Kier molecular flexibility index (Phi) is 4.35. The second-order valence-electron chi connectivity index (χ2n) is 4.34. The molecule has 0 unspecified atom stereocenters. The monoisotopic (exact) mass is 353 g/mol. The Labute approximate surface area is 130 Å². The summed E-state index contributed by atoms with van der Waals surface area (Å²) in [4.78, 5) is 12.7. The molecule has 0 bridgehead atoms. The summed E-state index contributed by atoms with van der Waals surface area (Å²) in [6.07, 6.45) is 0. The van der Waals surface area contributed by atoms with Crippen molar-refractivity contribution in [3.63, 3.8) is 0 Å². The quantitative estimate of drug-likeness (QED) is 0.663.